The van der Waals surface area contributed by atoms with Crippen molar-refractivity contribution in [3.8, 4) is 11.4 Å². The zero-order chi connectivity index (χ0) is 15.5. The van der Waals surface area contributed by atoms with Crippen molar-refractivity contribution in [1.82, 2.24) is 14.8 Å². The first-order valence-corrected chi connectivity index (χ1v) is 7.32. The van der Waals surface area contributed by atoms with Gasteiger partial charge < -0.3 is 5.11 Å². The molecule has 5 nitrogen and oxygen atoms in total. The summed E-state index contributed by atoms with van der Waals surface area (Å²) in [6.07, 6.45) is 11.5. The van der Waals surface area contributed by atoms with E-state index in [0.717, 1.165) is 18.5 Å². The van der Waals surface area contributed by atoms with Gasteiger partial charge in [-0.1, -0.05) is 25.1 Å². The van der Waals surface area contributed by atoms with Crippen LogP contribution in [0.1, 0.15) is 30.1 Å². The number of aromatic nitrogens is 3. The van der Waals surface area contributed by atoms with E-state index in [2.05, 4.69) is 29.2 Å². The van der Waals surface area contributed by atoms with Gasteiger partial charge in [-0.05, 0) is 37.0 Å². The van der Waals surface area contributed by atoms with Gasteiger partial charge in [0.25, 0.3) is 0 Å². The number of rotatable bonds is 4. The molecule has 1 aliphatic carbocycles. The minimum Gasteiger partial charge on any atom is -0.478 e. The fourth-order valence-corrected chi connectivity index (χ4v) is 2.48. The first-order valence-electron chi connectivity index (χ1n) is 7.32. The summed E-state index contributed by atoms with van der Waals surface area (Å²) in [6, 6.07) is 5.37. The zero-order valence-electron chi connectivity index (χ0n) is 12.3. The van der Waals surface area contributed by atoms with E-state index in [0.29, 0.717) is 17.3 Å². The summed E-state index contributed by atoms with van der Waals surface area (Å²) in [5.41, 5.74) is 2.01. The molecule has 2 heterocycles. The van der Waals surface area contributed by atoms with Gasteiger partial charge in [0.1, 0.15) is 11.3 Å². The Kier molecular flexibility index (Phi) is 3.87. The molecule has 2 aromatic rings. The highest BCUT2D eigenvalue weighted by Crippen LogP contribution is 2.25. The Morgan fingerprint density at radius 1 is 1.45 bits per heavy atom. The van der Waals surface area contributed by atoms with Gasteiger partial charge >= 0.3 is 5.97 Å². The number of nitrogens with zero attached hydrogens (tertiary/aromatic N) is 3. The molecule has 0 saturated carbocycles. The number of allylic oxidation sites excluding steroid dienone is 4. The predicted octanol–water partition coefficient (Wildman–Crippen LogP) is 3.47. The van der Waals surface area contributed by atoms with E-state index in [1.807, 2.05) is 12.1 Å². The average Bonchev–Trinajstić information content (AvgIpc) is 3.01. The maximum atomic E-state index is 11.5. The number of carbonyl (C=O) groups is 1. The lowest BCUT2D eigenvalue weighted by atomic mass is 9.97. The molecule has 0 aromatic carbocycles. The van der Waals surface area contributed by atoms with Crippen LogP contribution in [0, 0.1) is 5.92 Å². The molecule has 3 rings (SSSR count). The molecule has 1 N–H and O–H groups in total. The Morgan fingerprint density at radius 2 is 2.32 bits per heavy atom. The SMILES string of the molecule is CCC1C=CC(n2cc(C(=O)O)c(-c3ccccn3)n2)=CC1. The van der Waals surface area contributed by atoms with Gasteiger partial charge in [-0.15, -0.1) is 0 Å². The smallest absolute Gasteiger partial charge is 0.339 e. The lowest BCUT2D eigenvalue weighted by Gasteiger charge is -2.13. The Bertz CT molecular complexity index is 745. The fourth-order valence-electron chi connectivity index (χ4n) is 2.48. The third-order valence-corrected chi connectivity index (χ3v) is 3.81. The lowest BCUT2D eigenvalue weighted by molar-refractivity contribution is 0.0697. The minimum atomic E-state index is -1.00. The highest BCUT2D eigenvalue weighted by atomic mass is 16.4. The van der Waals surface area contributed by atoms with Gasteiger partial charge in [-0.3, -0.25) is 4.98 Å². The summed E-state index contributed by atoms with van der Waals surface area (Å²) in [7, 11) is 0. The van der Waals surface area contributed by atoms with E-state index in [-0.39, 0.29) is 5.56 Å². The number of carboxylic acids is 1. The highest BCUT2D eigenvalue weighted by Gasteiger charge is 2.19. The number of carboxylic acid groups (broad SMARTS) is 1. The van der Waals surface area contributed by atoms with Crippen LogP contribution in [0.15, 0.2) is 48.8 Å². The summed E-state index contributed by atoms with van der Waals surface area (Å²) in [5.74, 6) is -0.452. The van der Waals surface area contributed by atoms with Crippen LogP contribution in [0.4, 0.5) is 0 Å². The maximum Gasteiger partial charge on any atom is 0.339 e. The van der Waals surface area contributed by atoms with Crippen molar-refractivity contribution in [3.05, 3.63) is 54.4 Å². The van der Waals surface area contributed by atoms with Crippen LogP contribution in [0.3, 0.4) is 0 Å². The second-order valence-electron chi connectivity index (χ2n) is 5.25. The molecule has 0 radical (unpaired) electrons. The standard InChI is InChI=1S/C17H17N3O2/c1-2-12-6-8-13(9-7-12)20-11-14(17(21)22)16(19-20)15-5-3-4-10-18-15/h3-6,8-12H,2,7H2,1H3,(H,21,22). The normalized spacial score (nSPS) is 17.3. The minimum absolute atomic E-state index is 0.158. The van der Waals surface area contributed by atoms with E-state index in [1.54, 1.807) is 29.2 Å². The molecular formula is C17H17N3O2. The van der Waals surface area contributed by atoms with Crippen LogP contribution in [0.2, 0.25) is 0 Å². The largest absolute Gasteiger partial charge is 0.478 e. The molecular weight excluding hydrogens is 278 g/mol. The molecule has 1 unspecified atom stereocenters. The van der Waals surface area contributed by atoms with Gasteiger partial charge in [-0.25, -0.2) is 9.48 Å². The molecule has 0 amide bonds. The van der Waals surface area contributed by atoms with Crippen LogP contribution >= 0.6 is 0 Å². The number of aromatic carboxylic acids is 1. The molecule has 1 aliphatic rings. The molecule has 0 spiro atoms. The second-order valence-corrected chi connectivity index (χ2v) is 5.25. The summed E-state index contributed by atoms with van der Waals surface area (Å²) in [6.45, 7) is 2.16. The van der Waals surface area contributed by atoms with Crippen molar-refractivity contribution < 1.29 is 9.90 Å². The second kappa shape index (κ2) is 5.97. The number of hydrogen-bond donors (Lipinski definition) is 1. The summed E-state index contributed by atoms with van der Waals surface area (Å²) in [5, 5.41) is 13.8. The van der Waals surface area contributed by atoms with Crippen molar-refractivity contribution >= 4 is 11.7 Å². The Balaban J connectivity index is 2.00. The summed E-state index contributed by atoms with van der Waals surface area (Å²) < 4.78 is 1.62. The van der Waals surface area contributed by atoms with Crippen LogP contribution in [0.5, 0.6) is 0 Å². The Labute approximate surface area is 128 Å². The average molecular weight is 295 g/mol. The molecule has 0 bridgehead atoms. The monoisotopic (exact) mass is 295 g/mol. The topological polar surface area (TPSA) is 68.0 Å². The molecule has 2 aromatic heterocycles. The molecule has 5 heteroatoms. The van der Waals surface area contributed by atoms with Gasteiger partial charge in [0.2, 0.25) is 0 Å². The van der Waals surface area contributed by atoms with Gasteiger partial charge in [0.05, 0.1) is 11.4 Å². The van der Waals surface area contributed by atoms with E-state index >= 15 is 0 Å². The zero-order valence-corrected chi connectivity index (χ0v) is 12.3. The molecule has 0 saturated heterocycles. The van der Waals surface area contributed by atoms with Crippen LogP contribution < -0.4 is 0 Å². The van der Waals surface area contributed by atoms with E-state index in [9.17, 15) is 9.90 Å². The van der Waals surface area contributed by atoms with Crippen molar-refractivity contribution in [2.24, 2.45) is 5.92 Å². The van der Waals surface area contributed by atoms with Crippen LogP contribution in [-0.2, 0) is 0 Å². The Hall–Kier alpha value is -2.69. The molecule has 22 heavy (non-hydrogen) atoms. The van der Waals surface area contributed by atoms with Crippen molar-refractivity contribution in [3.63, 3.8) is 0 Å². The Morgan fingerprint density at radius 3 is 2.91 bits per heavy atom. The molecule has 112 valence electrons. The molecule has 0 fully saturated rings. The highest BCUT2D eigenvalue weighted by molar-refractivity contribution is 5.94. The molecule has 0 aliphatic heterocycles. The van der Waals surface area contributed by atoms with E-state index < -0.39 is 5.97 Å². The molecule has 1 atom stereocenters. The van der Waals surface area contributed by atoms with E-state index in [4.69, 9.17) is 0 Å². The fraction of sp³-hybridized carbons (Fsp3) is 0.235. The van der Waals surface area contributed by atoms with Gasteiger partial charge in [-0.2, -0.15) is 5.10 Å². The van der Waals surface area contributed by atoms with Gasteiger partial charge in [0.15, 0.2) is 0 Å². The first-order chi connectivity index (χ1) is 10.7. The van der Waals surface area contributed by atoms with Crippen LogP contribution in [0.25, 0.3) is 17.1 Å². The number of pyridine rings is 1. The first kappa shape index (κ1) is 14.3. The quantitative estimate of drug-likeness (QED) is 0.937. The van der Waals surface area contributed by atoms with Crippen LogP contribution in [-0.4, -0.2) is 25.8 Å². The van der Waals surface area contributed by atoms with Gasteiger partial charge in [0, 0.05) is 12.4 Å². The number of hydrogen-bond acceptors (Lipinski definition) is 3. The lowest BCUT2D eigenvalue weighted by Crippen LogP contribution is -2.03. The van der Waals surface area contributed by atoms with E-state index in [1.165, 1.54) is 0 Å². The van der Waals surface area contributed by atoms with Crippen molar-refractivity contribution in [2.45, 2.75) is 19.8 Å². The summed E-state index contributed by atoms with van der Waals surface area (Å²) >= 11 is 0. The van der Waals surface area contributed by atoms with Crippen molar-refractivity contribution in [2.75, 3.05) is 0 Å². The summed E-state index contributed by atoms with van der Waals surface area (Å²) in [4.78, 5) is 15.7. The predicted molar refractivity (Wildman–Crippen MR) is 84.2 cm³/mol. The maximum absolute atomic E-state index is 11.5. The third-order valence-electron chi connectivity index (χ3n) is 3.81. The third kappa shape index (κ3) is 2.70. The van der Waals surface area contributed by atoms with Crippen molar-refractivity contribution in [1.29, 1.82) is 0 Å².